The lowest BCUT2D eigenvalue weighted by atomic mass is 9.93. The molecule has 12 nitrogen and oxygen atoms in total. The van der Waals surface area contributed by atoms with Gasteiger partial charge in [0.2, 0.25) is 21.8 Å². The molecular formula is C38H47N5O7S2. The molecule has 0 saturated heterocycles. The van der Waals surface area contributed by atoms with Crippen LogP contribution >= 0.6 is 11.3 Å². The SMILES string of the molecule is COc1ccc2c(OC3CC4C(=O)N[C@@]5(C(=O)NS(=O)(=O)C6CC6)CC5C=CCCCCN(C)C(=O)C4C3)cc(-c3nc(C(C)C)cs3)nc2c1C. The van der Waals surface area contributed by atoms with E-state index in [2.05, 4.69) is 23.9 Å². The van der Waals surface area contributed by atoms with Crippen LogP contribution in [0.1, 0.15) is 82.4 Å². The zero-order chi connectivity index (χ0) is 36.9. The maximum absolute atomic E-state index is 14.3. The molecule has 3 fully saturated rings. The van der Waals surface area contributed by atoms with E-state index in [1.807, 2.05) is 42.7 Å². The molecule has 4 aliphatic rings. The molecule has 2 N–H and O–H groups in total. The summed E-state index contributed by atoms with van der Waals surface area (Å²) in [5.41, 5.74) is 1.79. The zero-order valence-electron chi connectivity index (χ0n) is 30.3. The molecule has 3 amide bonds. The minimum atomic E-state index is -3.83. The molecule has 14 heteroatoms. The standard InChI is InChI=1S/C38H47N5O7S2/c1-21(2)30-20-51-35(40-30)29-18-32(26-13-14-31(49-5)22(3)33(26)39-29)50-24-16-27-28(17-24)36(45)43(4)15-9-7-6-8-10-23-19-38(23,41-34(27)44)37(46)42-52(47,48)25-11-12-25/h8,10,13-14,18,20-21,23-25,27-28H,6-7,9,11-12,15-17,19H2,1-5H3,(H,41,44)(H,42,46)/t23?,24?,27?,28?,38-/m0/s1. The van der Waals surface area contributed by atoms with Crippen molar-refractivity contribution in [3.63, 3.8) is 0 Å². The summed E-state index contributed by atoms with van der Waals surface area (Å²) in [6.07, 6.45) is 7.61. The van der Waals surface area contributed by atoms with Gasteiger partial charge in [-0.3, -0.25) is 19.1 Å². The monoisotopic (exact) mass is 749 g/mol. The molecule has 3 saturated carbocycles. The second-order valence-corrected chi connectivity index (χ2v) is 17.9. The molecule has 3 aliphatic carbocycles. The van der Waals surface area contributed by atoms with Crippen molar-refractivity contribution in [3.05, 3.63) is 47.0 Å². The summed E-state index contributed by atoms with van der Waals surface area (Å²) in [6, 6.07) is 5.66. The zero-order valence-corrected chi connectivity index (χ0v) is 31.9. The normalized spacial score (nSPS) is 26.8. The number of carbonyl (C=O) groups is 3. The number of rotatable bonds is 8. The minimum absolute atomic E-state index is 0.147. The van der Waals surface area contributed by atoms with Crippen molar-refractivity contribution in [2.24, 2.45) is 17.8 Å². The van der Waals surface area contributed by atoms with Gasteiger partial charge in [0.25, 0.3) is 5.91 Å². The summed E-state index contributed by atoms with van der Waals surface area (Å²) in [6.45, 7) is 6.69. The smallest absolute Gasteiger partial charge is 0.259 e. The van der Waals surface area contributed by atoms with E-state index in [1.54, 1.807) is 19.1 Å². The number of aromatic nitrogens is 2. The lowest BCUT2D eigenvalue weighted by Gasteiger charge is -2.26. The van der Waals surface area contributed by atoms with E-state index >= 15 is 0 Å². The van der Waals surface area contributed by atoms with Crippen molar-refractivity contribution < 1.29 is 32.3 Å². The highest BCUT2D eigenvalue weighted by Crippen LogP contribution is 2.47. The predicted molar refractivity (Wildman–Crippen MR) is 199 cm³/mol. The Labute approximate surface area is 308 Å². The van der Waals surface area contributed by atoms with Crippen molar-refractivity contribution in [3.8, 4) is 22.2 Å². The van der Waals surface area contributed by atoms with Crippen LogP contribution in [-0.4, -0.2) is 78.6 Å². The number of carbonyl (C=O) groups excluding carboxylic acids is 3. The molecule has 4 unspecified atom stereocenters. The number of allylic oxidation sites excluding steroid dienone is 1. The van der Waals surface area contributed by atoms with Crippen LogP contribution in [-0.2, 0) is 24.4 Å². The number of aryl methyl sites for hydroxylation is 1. The third kappa shape index (κ3) is 7.03. The Morgan fingerprint density at radius 1 is 1.12 bits per heavy atom. The summed E-state index contributed by atoms with van der Waals surface area (Å²) in [4.78, 5) is 53.5. The van der Waals surface area contributed by atoms with E-state index in [4.69, 9.17) is 19.4 Å². The molecule has 0 spiro atoms. The fourth-order valence-corrected chi connectivity index (χ4v) is 9.85. The van der Waals surface area contributed by atoms with Crippen molar-refractivity contribution in [1.82, 2.24) is 24.9 Å². The van der Waals surface area contributed by atoms with Crippen LogP contribution in [0.15, 0.2) is 35.7 Å². The average Bonchev–Trinajstić information content (AvgIpc) is 3.98. The Morgan fingerprint density at radius 3 is 2.60 bits per heavy atom. The van der Waals surface area contributed by atoms with Gasteiger partial charge < -0.3 is 19.7 Å². The van der Waals surface area contributed by atoms with Gasteiger partial charge in [0.1, 0.15) is 33.8 Å². The maximum Gasteiger partial charge on any atom is 0.259 e. The van der Waals surface area contributed by atoms with Gasteiger partial charge in [-0.15, -0.1) is 11.3 Å². The molecule has 52 heavy (non-hydrogen) atoms. The van der Waals surface area contributed by atoms with Crippen LogP contribution in [0.5, 0.6) is 11.5 Å². The molecule has 278 valence electrons. The van der Waals surface area contributed by atoms with Gasteiger partial charge in [-0.05, 0) is 76.3 Å². The number of nitrogens with zero attached hydrogens (tertiary/aromatic N) is 3. The van der Waals surface area contributed by atoms with Crippen molar-refractivity contribution in [2.75, 3.05) is 20.7 Å². The Morgan fingerprint density at radius 2 is 1.88 bits per heavy atom. The molecule has 0 radical (unpaired) electrons. The van der Waals surface area contributed by atoms with Crippen LogP contribution in [0, 0.1) is 24.7 Å². The van der Waals surface area contributed by atoms with E-state index in [1.165, 1.54) is 11.3 Å². The lowest BCUT2D eigenvalue weighted by Crippen LogP contribution is -2.54. The van der Waals surface area contributed by atoms with Crippen molar-refractivity contribution >= 4 is 50.0 Å². The molecule has 3 aromatic rings. The molecule has 2 aromatic heterocycles. The summed E-state index contributed by atoms with van der Waals surface area (Å²) in [7, 11) is -0.445. The molecule has 5 atom stereocenters. The number of sulfonamides is 1. The maximum atomic E-state index is 14.3. The second kappa shape index (κ2) is 14.1. The number of methoxy groups -OCH3 is 1. The van der Waals surface area contributed by atoms with Crippen LogP contribution in [0.25, 0.3) is 21.6 Å². The first-order valence-corrected chi connectivity index (χ1v) is 20.6. The van der Waals surface area contributed by atoms with Gasteiger partial charge in [0.05, 0.1) is 35.4 Å². The van der Waals surface area contributed by atoms with E-state index in [0.29, 0.717) is 48.5 Å². The number of fused-ring (bicyclic) bond motifs is 3. The first-order chi connectivity index (χ1) is 24.8. The number of pyridine rings is 1. The highest BCUT2D eigenvalue weighted by molar-refractivity contribution is 7.91. The first kappa shape index (κ1) is 36.3. The third-order valence-corrected chi connectivity index (χ3v) is 13.7. The van der Waals surface area contributed by atoms with Crippen LogP contribution < -0.4 is 19.5 Å². The minimum Gasteiger partial charge on any atom is -0.496 e. The Balaban J connectivity index is 1.21. The van der Waals surface area contributed by atoms with E-state index < -0.39 is 50.6 Å². The van der Waals surface area contributed by atoms with Crippen molar-refractivity contribution in [2.45, 2.75) is 94.9 Å². The van der Waals surface area contributed by atoms with Gasteiger partial charge in [0.15, 0.2) is 0 Å². The molecular weight excluding hydrogens is 703 g/mol. The Hall–Kier alpha value is -4.04. The summed E-state index contributed by atoms with van der Waals surface area (Å²) in [5, 5.41) is 5.95. The second-order valence-electron chi connectivity index (χ2n) is 15.1. The van der Waals surface area contributed by atoms with Crippen LogP contribution in [0.3, 0.4) is 0 Å². The topological polar surface area (TPSA) is 157 Å². The average molecular weight is 750 g/mol. The lowest BCUT2D eigenvalue weighted by molar-refractivity contribution is -0.140. The van der Waals surface area contributed by atoms with E-state index in [9.17, 15) is 22.8 Å². The quantitative estimate of drug-likeness (QED) is 0.294. The number of ether oxygens (including phenoxy) is 2. The Kier molecular flexibility index (Phi) is 9.83. The number of amides is 3. The predicted octanol–water partition coefficient (Wildman–Crippen LogP) is 5.25. The largest absolute Gasteiger partial charge is 0.496 e. The molecule has 1 aromatic carbocycles. The number of hydrogen-bond donors (Lipinski definition) is 2. The summed E-state index contributed by atoms with van der Waals surface area (Å²) >= 11 is 1.51. The van der Waals surface area contributed by atoms with Gasteiger partial charge in [-0.1, -0.05) is 26.0 Å². The first-order valence-electron chi connectivity index (χ1n) is 18.2. The number of thiazole rings is 1. The van der Waals surface area contributed by atoms with Crippen LogP contribution in [0.2, 0.25) is 0 Å². The van der Waals surface area contributed by atoms with Crippen molar-refractivity contribution in [1.29, 1.82) is 0 Å². The molecule has 7 rings (SSSR count). The summed E-state index contributed by atoms with van der Waals surface area (Å²) < 4.78 is 40.2. The highest BCUT2D eigenvalue weighted by Gasteiger charge is 2.62. The van der Waals surface area contributed by atoms with Gasteiger partial charge in [0, 0.05) is 41.9 Å². The fraction of sp³-hybridized carbons (Fsp3) is 0.553. The molecule has 1 aliphatic heterocycles. The van der Waals surface area contributed by atoms with Crippen LogP contribution in [0.4, 0.5) is 0 Å². The highest BCUT2D eigenvalue weighted by atomic mass is 32.2. The molecule has 0 bridgehead atoms. The summed E-state index contributed by atoms with van der Waals surface area (Å²) in [5.74, 6) is -1.63. The van der Waals surface area contributed by atoms with Gasteiger partial charge >= 0.3 is 0 Å². The number of hydrogen-bond acceptors (Lipinski definition) is 10. The molecule has 3 heterocycles. The number of benzene rings is 1. The Bertz CT molecular complexity index is 2040. The van der Waals surface area contributed by atoms with Gasteiger partial charge in [-0.2, -0.15) is 0 Å². The fourth-order valence-electron chi connectivity index (χ4n) is 7.55. The van der Waals surface area contributed by atoms with Gasteiger partial charge in [-0.25, -0.2) is 18.4 Å². The number of nitrogens with one attached hydrogen (secondary N) is 2. The van der Waals surface area contributed by atoms with E-state index in [0.717, 1.165) is 40.9 Å². The third-order valence-electron chi connectivity index (χ3n) is 11.0. The van der Waals surface area contributed by atoms with E-state index in [-0.39, 0.29) is 30.6 Å².